The molecule has 0 saturated heterocycles. The van der Waals surface area contributed by atoms with Crippen LogP contribution in [0.15, 0.2) is 0 Å². The largest absolute Gasteiger partial charge is 0.481 e. The van der Waals surface area contributed by atoms with E-state index in [1.807, 2.05) is 20.8 Å². The molecular weight excluding hydrogens is 274 g/mol. The molecule has 0 spiro atoms. The van der Waals surface area contributed by atoms with Crippen LogP contribution in [0.3, 0.4) is 0 Å². The Balaban J connectivity index is 2.30. The van der Waals surface area contributed by atoms with Gasteiger partial charge in [0.15, 0.2) is 0 Å². The smallest absolute Gasteiger partial charge is 0.315 e. The lowest BCUT2D eigenvalue weighted by Crippen LogP contribution is -2.50. The van der Waals surface area contributed by atoms with Gasteiger partial charge in [-0.05, 0) is 40.0 Å². The minimum atomic E-state index is -0.813. The summed E-state index contributed by atoms with van der Waals surface area (Å²) in [5, 5.41) is 16.9. The van der Waals surface area contributed by atoms with Crippen molar-refractivity contribution in [1.82, 2.24) is 16.0 Å². The predicted octanol–water partition coefficient (Wildman–Crippen LogP) is 0.844. The topological polar surface area (TPSA) is 108 Å². The fraction of sp³-hybridized carbons (Fsp3) is 0.786. The van der Waals surface area contributed by atoms with Crippen molar-refractivity contribution in [3.05, 3.63) is 0 Å². The number of amides is 3. The van der Waals surface area contributed by atoms with E-state index < -0.39 is 17.9 Å². The maximum Gasteiger partial charge on any atom is 0.315 e. The van der Waals surface area contributed by atoms with Crippen LogP contribution >= 0.6 is 0 Å². The lowest BCUT2D eigenvalue weighted by atomic mass is 9.86. The molecule has 1 rings (SSSR count). The zero-order valence-electron chi connectivity index (χ0n) is 12.9. The quantitative estimate of drug-likeness (QED) is 0.617. The second-order valence-electron chi connectivity index (χ2n) is 6.52. The van der Waals surface area contributed by atoms with Gasteiger partial charge in [-0.2, -0.15) is 0 Å². The number of carboxylic acids is 1. The number of aliphatic carboxylic acids is 1. The predicted molar refractivity (Wildman–Crippen MR) is 77.8 cm³/mol. The Bertz CT molecular complexity index is 404. The SMILES string of the molecule is CC(C)(C)NC(=O)CNC(=O)NC1CCCC(C(=O)O)C1. The van der Waals surface area contributed by atoms with Crippen molar-refractivity contribution < 1.29 is 19.5 Å². The number of hydrogen-bond acceptors (Lipinski definition) is 3. The number of carboxylic acid groups (broad SMARTS) is 1. The normalized spacial score (nSPS) is 22.2. The van der Waals surface area contributed by atoms with Gasteiger partial charge in [0.1, 0.15) is 0 Å². The molecule has 0 aromatic heterocycles. The van der Waals surface area contributed by atoms with E-state index in [0.29, 0.717) is 12.8 Å². The molecule has 21 heavy (non-hydrogen) atoms. The first-order valence-corrected chi connectivity index (χ1v) is 7.25. The minimum absolute atomic E-state index is 0.0990. The van der Waals surface area contributed by atoms with Crippen LogP contribution in [-0.4, -0.2) is 41.1 Å². The average molecular weight is 299 g/mol. The standard InChI is InChI=1S/C14H25N3O4/c1-14(2,3)17-11(18)8-15-13(21)16-10-6-4-5-9(7-10)12(19)20/h9-10H,4-8H2,1-3H3,(H,17,18)(H,19,20)(H2,15,16,21). The van der Waals surface area contributed by atoms with Crippen LogP contribution in [0.5, 0.6) is 0 Å². The number of nitrogens with one attached hydrogen (secondary N) is 3. The number of carbonyl (C=O) groups excluding carboxylic acids is 2. The number of urea groups is 1. The molecule has 1 aliphatic carbocycles. The third-order valence-corrected chi connectivity index (χ3v) is 3.28. The number of carbonyl (C=O) groups is 3. The summed E-state index contributed by atoms with van der Waals surface area (Å²) in [5.41, 5.74) is -0.340. The van der Waals surface area contributed by atoms with E-state index in [1.165, 1.54) is 0 Å². The molecule has 2 unspecified atom stereocenters. The van der Waals surface area contributed by atoms with E-state index in [9.17, 15) is 14.4 Å². The zero-order chi connectivity index (χ0) is 16.0. The van der Waals surface area contributed by atoms with Gasteiger partial charge in [-0.3, -0.25) is 9.59 Å². The molecule has 1 fully saturated rings. The van der Waals surface area contributed by atoms with E-state index in [2.05, 4.69) is 16.0 Å². The summed E-state index contributed by atoms with van der Waals surface area (Å²) < 4.78 is 0. The highest BCUT2D eigenvalue weighted by Gasteiger charge is 2.27. The highest BCUT2D eigenvalue weighted by molar-refractivity contribution is 5.84. The summed E-state index contributed by atoms with van der Waals surface area (Å²) in [6, 6.07) is -0.583. The Hall–Kier alpha value is -1.79. The van der Waals surface area contributed by atoms with E-state index >= 15 is 0 Å². The zero-order valence-corrected chi connectivity index (χ0v) is 12.9. The summed E-state index contributed by atoms with van der Waals surface area (Å²) in [7, 11) is 0. The van der Waals surface area contributed by atoms with Crippen LogP contribution in [0, 0.1) is 5.92 Å². The van der Waals surface area contributed by atoms with Crippen molar-refractivity contribution >= 4 is 17.9 Å². The van der Waals surface area contributed by atoms with Gasteiger partial charge in [0.25, 0.3) is 0 Å². The molecule has 3 amide bonds. The van der Waals surface area contributed by atoms with Crippen LogP contribution < -0.4 is 16.0 Å². The maximum absolute atomic E-state index is 11.7. The molecule has 1 saturated carbocycles. The molecule has 1 aliphatic rings. The summed E-state index contributed by atoms with van der Waals surface area (Å²) >= 11 is 0. The second kappa shape index (κ2) is 7.28. The van der Waals surface area contributed by atoms with Gasteiger partial charge in [-0.25, -0.2) is 4.79 Å². The van der Waals surface area contributed by atoms with E-state index in [-0.39, 0.29) is 24.0 Å². The lowest BCUT2D eigenvalue weighted by molar-refractivity contribution is -0.143. The molecular formula is C14H25N3O4. The first-order chi connectivity index (χ1) is 9.67. The van der Waals surface area contributed by atoms with Crippen LogP contribution in [0.25, 0.3) is 0 Å². The average Bonchev–Trinajstić information content (AvgIpc) is 2.34. The molecule has 0 aliphatic heterocycles. The van der Waals surface area contributed by atoms with Crippen LogP contribution in [0.1, 0.15) is 46.5 Å². The molecule has 120 valence electrons. The van der Waals surface area contributed by atoms with Crippen molar-refractivity contribution in [1.29, 1.82) is 0 Å². The summed E-state index contributed by atoms with van der Waals surface area (Å²) in [4.78, 5) is 34.2. The van der Waals surface area contributed by atoms with E-state index in [4.69, 9.17) is 5.11 Å². The van der Waals surface area contributed by atoms with E-state index in [0.717, 1.165) is 12.8 Å². The molecule has 0 bridgehead atoms. The van der Waals surface area contributed by atoms with Crippen LogP contribution in [-0.2, 0) is 9.59 Å². The molecule has 7 nitrogen and oxygen atoms in total. The minimum Gasteiger partial charge on any atom is -0.481 e. The monoisotopic (exact) mass is 299 g/mol. The van der Waals surface area contributed by atoms with Gasteiger partial charge in [-0.15, -0.1) is 0 Å². The summed E-state index contributed by atoms with van der Waals surface area (Å²) in [5.74, 6) is -1.47. The van der Waals surface area contributed by atoms with Crippen molar-refractivity contribution in [2.45, 2.75) is 58.0 Å². The third kappa shape index (κ3) is 6.97. The summed E-state index contributed by atoms with van der Waals surface area (Å²) in [6.07, 6.45) is 2.65. The van der Waals surface area contributed by atoms with Crippen LogP contribution in [0.2, 0.25) is 0 Å². The first kappa shape index (κ1) is 17.3. The van der Waals surface area contributed by atoms with Crippen LogP contribution in [0.4, 0.5) is 4.79 Å². The molecule has 4 N–H and O–H groups in total. The Labute approximate surface area is 124 Å². The molecule has 7 heteroatoms. The van der Waals surface area contributed by atoms with Gasteiger partial charge in [0.05, 0.1) is 12.5 Å². The van der Waals surface area contributed by atoms with Gasteiger partial charge in [0, 0.05) is 11.6 Å². The van der Waals surface area contributed by atoms with Crippen molar-refractivity contribution in [3.8, 4) is 0 Å². The molecule has 0 heterocycles. The molecule has 0 radical (unpaired) electrons. The second-order valence-corrected chi connectivity index (χ2v) is 6.52. The number of rotatable bonds is 4. The van der Waals surface area contributed by atoms with Crippen molar-refractivity contribution in [2.75, 3.05) is 6.54 Å². The van der Waals surface area contributed by atoms with Gasteiger partial charge < -0.3 is 21.1 Å². The highest BCUT2D eigenvalue weighted by Crippen LogP contribution is 2.24. The Kier molecular flexibility index (Phi) is 5.99. The maximum atomic E-state index is 11.7. The van der Waals surface area contributed by atoms with Gasteiger partial charge in [-0.1, -0.05) is 6.42 Å². The van der Waals surface area contributed by atoms with Gasteiger partial charge in [0.2, 0.25) is 5.91 Å². The van der Waals surface area contributed by atoms with Crippen molar-refractivity contribution in [2.24, 2.45) is 5.92 Å². The first-order valence-electron chi connectivity index (χ1n) is 7.25. The Morgan fingerprint density at radius 2 is 1.86 bits per heavy atom. The lowest BCUT2D eigenvalue weighted by Gasteiger charge is -2.27. The fourth-order valence-electron chi connectivity index (χ4n) is 2.40. The Morgan fingerprint density at radius 3 is 2.43 bits per heavy atom. The Morgan fingerprint density at radius 1 is 1.19 bits per heavy atom. The number of hydrogen-bond donors (Lipinski definition) is 4. The highest BCUT2D eigenvalue weighted by atomic mass is 16.4. The molecule has 0 aromatic rings. The van der Waals surface area contributed by atoms with Gasteiger partial charge >= 0.3 is 12.0 Å². The molecule has 0 aromatic carbocycles. The van der Waals surface area contributed by atoms with Crippen molar-refractivity contribution in [3.63, 3.8) is 0 Å². The third-order valence-electron chi connectivity index (χ3n) is 3.28. The fourth-order valence-corrected chi connectivity index (χ4v) is 2.40. The van der Waals surface area contributed by atoms with E-state index in [1.54, 1.807) is 0 Å². The summed E-state index contributed by atoms with van der Waals surface area (Å²) in [6.45, 7) is 5.48. The molecule has 2 atom stereocenters.